The molecule has 0 aliphatic carbocycles. The van der Waals surface area contributed by atoms with Gasteiger partial charge >= 0.3 is 0 Å². The molecule has 7 heteroatoms. The Kier molecular flexibility index (Phi) is 6.40. The van der Waals surface area contributed by atoms with Crippen molar-refractivity contribution >= 4 is 33.8 Å². The third kappa shape index (κ3) is 3.80. The lowest BCUT2D eigenvalue weighted by molar-refractivity contribution is -0.119. The van der Waals surface area contributed by atoms with Crippen LogP contribution in [0.4, 0.5) is 5.69 Å². The van der Waals surface area contributed by atoms with E-state index in [1.54, 1.807) is 6.07 Å². The summed E-state index contributed by atoms with van der Waals surface area (Å²) in [4.78, 5) is 12.6. The fourth-order valence-corrected chi connectivity index (χ4v) is 4.04. The van der Waals surface area contributed by atoms with Crippen molar-refractivity contribution in [2.75, 3.05) is 24.7 Å². The maximum Gasteiger partial charge on any atom is 0.245 e. The van der Waals surface area contributed by atoms with Crippen molar-refractivity contribution in [2.45, 2.75) is 30.9 Å². The molecule has 0 radical (unpaired) electrons. The molecule has 1 fully saturated rings. The molecule has 0 bridgehead atoms. The molecule has 22 heavy (non-hydrogen) atoms. The van der Waals surface area contributed by atoms with Gasteiger partial charge in [0.2, 0.25) is 5.91 Å². The van der Waals surface area contributed by atoms with Gasteiger partial charge in [-0.3, -0.25) is 4.79 Å². The number of benzene rings is 1. The van der Waals surface area contributed by atoms with Crippen LogP contribution in [0.5, 0.6) is 0 Å². The minimum Gasteiger partial charge on any atom is -0.325 e. The average Bonchev–Trinajstić information content (AvgIpc) is 2.47. The molecule has 0 saturated carbocycles. The van der Waals surface area contributed by atoms with E-state index in [2.05, 4.69) is 10.6 Å². The fraction of sp³-hybridized carbons (Fsp3) is 0.533. The van der Waals surface area contributed by atoms with Crippen LogP contribution in [0.3, 0.4) is 0 Å². The molecule has 0 unspecified atom stereocenters. The van der Waals surface area contributed by atoms with Gasteiger partial charge in [0.05, 0.1) is 0 Å². The van der Waals surface area contributed by atoms with E-state index < -0.39 is 20.5 Å². The highest BCUT2D eigenvalue weighted by molar-refractivity contribution is 7.92. The van der Waals surface area contributed by atoms with Gasteiger partial charge < -0.3 is 10.6 Å². The van der Waals surface area contributed by atoms with Crippen LogP contribution in [0.2, 0.25) is 0 Å². The lowest BCUT2D eigenvalue weighted by Crippen LogP contribution is -2.55. The van der Waals surface area contributed by atoms with Gasteiger partial charge in [0.25, 0.3) is 0 Å². The highest BCUT2D eigenvalue weighted by Gasteiger charge is 2.48. The molecule has 0 atom stereocenters. The summed E-state index contributed by atoms with van der Waals surface area (Å²) in [5, 5.41) is 5.89. The standard InChI is InChI=1S/C15H22N2O3S.ClH/c1-3-12-5-4-6-13(11-12)17-14(18)15(21(2,19)20)7-9-16-10-8-15;/h4-6,11,16H,3,7-10H2,1-2H3,(H,17,18);1H. The second kappa shape index (κ2) is 7.44. The Morgan fingerprint density at radius 3 is 2.50 bits per heavy atom. The Morgan fingerprint density at radius 1 is 1.32 bits per heavy atom. The van der Waals surface area contributed by atoms with Crippen LogP contribution < -0.4 is 10.6 Å². The van der Waals surface area contributed by atoms with Crippen molar-refractivity contribution in [2.24, 2.45) is 0 Å². The van der Waals surface area contributed by atoms with Crippen LogP contribution in [0, 0.1) is 0 Å². The van der Waals surface area contributed by atoms with E-state index in [9.17, 15) is 13.2 Å². The van der Waals surface area contributed by atoms with Crippen molar-refractivity contribution in [3.63, 3.8) is 0 Å². The first-order chi connectivity index (χ1) is 9.89. The van der Waals surface area contributed by atoms with Gasteiger partial charge in [-0.2, -0.15) is 0 Å². The van der Waals surface area contributed by atoms with E-state index in [0.717, 1.165) is 18.2 Å². The second-order valence-electron chi connectivity index (χ2n) is 5.52. The zero-order valence-electron chi connectivity index (χ0n) is 12.9. The van der Waals surface area contributed by atoms with Crippen LogP contribution in [0.25, 0.3) is 0 Å². The number of halogens is 1. The molecular weight excluding hydrogens is 324 g/mol. The number of amides is 1. The first-order valence-electron chi connectivity index (χ1n) is 7.20. The van der Waals surface area contributed by atoms with Crippen LogP contribution in [0.15, 0.2) is 24.3 Å². The zero-order valence-corrected chi connectivity index (χ0v) is 14.5. The number of rotatable bonds is 4. The Labute approximate surface area is 138 Å². The highest BCUT2D eigenvalue weighted by Crippen LogP contribution is 2.29. The van der Waals surface area contributed by atoms with Crippen molar-refractivity contribution < 1.29 is 13.2 Å². The van der Waals surface area contributed by atoms with Gasteiger partial charge in [-0.05, 0) is 50.0 Å². The van der Waals surface area contributed by atoms with Crippen molar-refractivity contribution in [1.82, 2.24) is 5.32 Å². The summed E-state index contributed by atoms with van der Waals surface area (Å²) in [5.41, 5.74) is 1.76. The number of nitrogens with one attached hydrogen (secondary N) is 2. The molecule has 0 spiro atoms. The third-order valence-electron chi connectivity index (χ3n) is 4.13. The normalized spacial score (nSPS) is 17.4. The van der Waals surface area contributed by atoms with E-state index in [0.29, 0.717) is 31.6 Å². The summed E-state index contributed by atoms with van der Waals surface area (Å²) >= 11 is 0. The number of carbonyl (C=O) groups excluding carboxylic acids is 1. The molecule has 124 valence electrons. The van der Waals surface area contributed by atoms with E-state index in [4.69, 9.17) is 0 Å². The monoisotopic (exact) mass is 346 g/mol. The van der Waals surface area contributed by atoms with Gasteiger partial charge in [0, 0.05) is 11.9 Å². The Hall–Kier alpha value is -1.11. The maximum atomic E-state index is 12.6. The summed E-state index contributed by atoms with van der Waals surface area (Å²) in [6.45, 7) is 3.11. The minimum absolute atomic E-state index is 0. The molecule has 1 saturated heterocycles. The molecule has 0 aromatic heterocycles. The predicted octanol–water partition coefficient (Wildman–Crippen LogP) is 1.78. The van der Waals surface area contributed by atoms with Crippen LogP contribution in [0.1, 0.15) is 25.3 Å². The number of hydrogen-bond acceptors (Lipinski definition) is 4. The van der Waals surface area contributed by atoms with E-state index in [-0.39, 0.29) is 12.4 Å². The van der Waals surface area contributed by atoms with Crippen LogP contribution in [-0.2, 0) is 21.1 Å². The second-order valence-corrected chi connectivity index (χ2v) is 7.85. The number of hydrogen-bond donors (Lipinski definition) is 2. The minimum atomic E-state index is -3.47. The molecule has 1 amide bonds. The molecule has 1 aromatic carbocycles. The van der Waals surface area contributed by atoms with E-state index >= 15 is 0 Å². The van der Waals surface area contributed by atoms with Gasteiger partial charge in [-0.1, -0.05) is 19.1 Å². The molecule has 2 rings (SSSR count). The number of carbonyl (C=O) groups is 1. The molecule has 1 heterocycles. The van der Waals surface area contributed by atoms with Crippen molar-refractivity contribution in [1.29, 1.82) is 0 Å². The molecule has 2 N–H and O–H groups in total. The molecule has 1 aliphatic heterocycles. The third-order valence-corrected chi connectivity index (χ3v) is 6.14. The number of aryl methyl sites for hydroxylation is 1. The Bertz CT molecular complexity index is 625. The Balaban J connectivity index is 0.00000242. The van der Waals surface area contributed by atoms with Crippen molar-refractivity contribution in [3.8, 4) is 0 Å². The first-order valence-corrected chi connectivity index (χ1v) is 9.09. The Morgan fingerprint density at radius 2 is 1.95 bits per heavy atom. The zero-order chi connectivity index (χ0) is 15.5. The van der Waals surface area contributed by atoms with Gasteiger partial charge in [-0.15, -0.1) is 12.4 Å². The SMILES string of the molecule is CCc1cccc(NC(=O)C2(S(C)(=O)=O)CCNCC2)c1.Cl. The molecule has 1 aliphatic rings. The summed E-state index contributed by atoms with van der Waals surface area (Å²) in [6, 6.07) is 7.51. The van der Waals surface area contributed by atoms with Gasteiger partial charge in [0.15, 0.2) is 14.6 Å². The number of anilines is 1. The molecule has 1 aromatic rings. The lowest BCUT2D eigenvalue weighted by atomic mass is 9.95. The summed E-state index contributed by atoms with van der Waals surface area (Å²) in [7, 11) is -3.47. The topological polar surface area (TPSA) is 75.3 Å². The van der Waals surface area contributed by atoms with Crippen LogP contribution in [-0.4, -0.2) is 38.4 Å². The summed E-state index contributed by atoms with van der Waals surface area (Å²) < 4.78 is 23.0. The highest BCUT2D eigenvalue weighted by atomic mass is 35.5. The van der Waals surface area contributed by atoms with Gasteiger partial charge in [-0.25, -0.2) is 8.42 Å². The van der Waals surface area contributed by atoms with Crippen LogP contribution >= 0.6 is 12.4 Å². The maximum absolute atomic E-state index is 12.6. The number of sulfone groups is 1. The number of piperidine rings is 1. The largest absolute Gasteiger partial charge is 0.325 e. The quantitative estimate of drug-likeness (QED) is 0.871. The van der Waals surface area contributed by atoms with E-state index in [1.165, 1.54) is 0 Å². The predicted molar refractivity (Wildman–Crippen MR) is 91.4 cm³/mol. The lowest BCUT2D eigenvalue weighted by Gasteiger charge is -2.34. The smallest absolute Gasteiger partial charge is 0.245 e. The summed E-state index contributed by atoms with van der Waals surface area (Å²) in [5.74, 6) is -0.417. The summed E-state index contributed by atoms with van der Waals surface area (Å²) in [6.07, 6.45) is 2.64. The van der Waals surface area contributed by atoms with Crippen molar-refractivity contribution in [3.05, 3.63) is 29.8 Å². The molecule has 5 nitrogen and oxygen atoms in total. The fourth-order valence-electron chi connectivity index (χ4n) is 2.71. The molecular formula is C15H23ClN2O3S. The average molecular weight is 347 g/mol. The first kappa shape index (κ1) is 18.9. The van der Waals surface area contributed by atoms with E-state index in [1.807, 2.05) is 25.1 Å². The van der Waals surface area contributed by atoms with Gasteiger partial charge in [0.1, 0.15) is 0 Å².